The Morgan fingerprint density at radius 3 is 2.12 bits per heavy atom. The van der Waals surface area contributed by atoms with Crippen molar-refractivity contribution in [1.29, 1.82) is 0 Å². The Bertz CT molecular complexity index is 982. The molecule has 5 heteroatoms. The summed E-state index contributed by atoms with van der Waals surface area (Å²) < 4.78 is 5.75. The zero-order valence-corrected chi connectivity index (χ0v) is 22.0. The second kappa shape index (κ2) is 13.6. The van der Waals surface area contributed by atoms with E-state index in [9.17, 15) is 4.79 Å². The van der Waals surface area contributed by atoms with Crippen LogP contribution in [-0.4, -0.2) is 16.6 Å². The van der Waals surface area contributed by atoms with Gasteiger partial charge in [0.1, 0.15) is 5.52 Å². The van der Waals surface area contributed by atoms with Gasteiger partial charge in [0.25, 0.3) is 5.22 Å². The van der Waals surface area contributed by atoms with Crippen molar-refractivity contribution in [3.05, 3.63) is 53.6 Å². The van der Waals surface area contributed by atoms with Crippen LogP contribution in [0.15, 0.2) is 52.1 Å². The van der Waals surface area contributed by atoms with Gasteiger partial charge in [-0.2, -0.15) is 0 Å². The van der Waals surface area contributed by atoms with Gasteiger partial charge in [-0.25, -0.2) is 4.98 Å². The van der Waals surface area contributed by atoms with Crippen molar-refractivity contribution >= 4 is 34.5 Å². The number of carbonyl (C=O) groups is 1. The van der Waals surface area contributed by atoms with Crippen LogP contribution in [0.1, 0.15) is 102 Å². The highest BCUT2D eigenvalue weighted by Gasteiger charge is 2.15. The van der Waals surface area contributed by atoms with Crippen molar-refractivity contribution in [2.45, 2.75) is 96.1 Å². The number of fused-ring (bicyclic) bond motifs is 1. The van der Waals surface area contributed by atoms with Gasteiger partial charge in [0.2, 0.25) is 5.91 Å². The normalized spacial score (nSPS) is 11.6. The molecular formula is C29H40N2O2S. The number of para-hydroxylation sites is 3. The van der Waals surface area contributed by atoms with Crippen molar-refractivity contribution in [3.63, 3.8) is 0 Å². The molecule has 0 fully saturated rings. The van der Waals surface area contributed by atoms with E-state index >= 15 is 0 Å². The van der Waals surface area contributed by atoms with Crippen LogP contribution in [0.5, 0.6) is 0 Å². The fraction of sp³-hybridized carbons (Fsp3) is 0.517. The maximum Gasteiger partial charge on any atom is 0.256 e. The van der Waals surface area contributed by atoms with Gasteiger partial charge in [0.05, 0.1) is 0 Å². The second-order valence-electron chi connectivity index (χ2n) is 9.69. The number of unbranched alkanes of at least 4 members (excludes halogenated alkanes) is 6. The van der Waals surface area contributed by atoms with E-state index in [0.717, 1.165) is 40.6 Å². The van der Waals surface area contributed by atoms with Crippen LogP contribution in [0.2, 0.25) is 0 Å². The van der Waals surface area contributed by atoms with Crippen molar-refractivity contribution in [2.24, 2.45) is 0 Å². The molecule has 0 unspecified atom stereocenters. The van der Waals surface area contributed by atoms with Gasteiger partial charge < -0.3 is 9.73 Å². The molecule has 2 aromatic carbocycles. The van der Waals surface area contributed by atoms with E-state index in [0.29, 0.717) is 18.3 Å². The molecule has 0 saturated carbocycles. The fourth-order valence-electron chi connectivity index (χ4n) is 4.24. The van der Waals surface area contributed by atoms with E-state index in [2.05, 4.69) is 56.2 Å². The monoisotopic (exact) mass is 480 g/mol. The molecule has 0 aliphatic carbocycles. The number of nitrogens with zero attached hydrogens (tertiary/aromatic N) is 1. The average molecular weight is 481 g/mol. The van der Waals surface area contributed by atoms with Crippen LogP contribution in [0, 0.1) is 0 Å². The molecule has 0 aliphatic heterocycles. The zero-order chi connectivity index (χ0) is 24.3. The molecule has 3 aromatic rings. The number of aromatic nitrogens is 1. The first-order chi connectivity index (χ1) is 16.5. The lowest BCUT2D eigenvalue weighted by Crippen LogP contribution is -2.15. The van der Waals surface area contributed by atoms with Gasteiger partial charge in [-0.05, 0) is 47.9 Å². The topological polar surface area (TPSA) is 55.1 Å². The maximum absolute atomic E-state index is 12.6. The van der Waals surface area contributed by atoms with E-state index in [-0.39, 0.29) is 5.91 Å². The standard InChI is InChI=1S/C29H40N2O2S/c1-21(2)23-15-14-16-24(22(3)4)28(23)31-27(32)19-10-8-6-5-7-9-13-20-34-29-30-25-17-11-12-18-26(25)33-29/h11-12,14-18,21-22H,5-10,13,19-20H2,1-4H3,(H,31,32). The van der Waals surface area contributed by atoms with E-state index in [4.69, 9.17) is 4.42 Å². The third-order valence-corrected chi connectivity index (χ3v) is 7.10. The molecule has 0 radical (unpaired) electrons. The van der Waals surface area contributed by atoms with Gasteiger partial charge in [-0.1, -0.05) is 102 Å². The highest BCUT2D eigenvalue weighted by atomic mass is 32.2. The van der Waals surface area contributed by atoms with E-state index in [1.54, 1.807) is 11.8 Å². The summed E-state index contributed by atoms with van der Waals surface area (Å²) in [6.07, 6.45) is 8.78. The summed E-state index contributed by atoms with van der Waals surface area (Å²) in [7, 11) is 0. The summed E-state index contributed by atoms with van der Waals surface area (Å²) in [4.78, 5) is 17.1. The Morgan fingerprint density at radius 1 is 0.853 bits per heavy atom. The molecule has 0 aliphatic rings. The van der Waals surface area contributed by atoms with E-state index in [1.807, 2.05) is 24.3 Å². The van der Waals surface area contributed by atoms with Gasteiger partial charge in [-0.15, -0.1) is 0 Å². The molecule has 1 heterocycles. The predicted octanol–water partition coefficient (Wildman–Crippen LogP) is 8.93. The molecule has 34 heavy (non-hydrogen) atoms. The number of thioether (sulfide) groups is 1. The number of oxazole rings is 1. The smallest absolute Gasteiger partial charge is 0.256 e. The van der Waals surface area contributed by atoms with Crippen LogP contribution >= 0.6 is 11.8 Å². The molecule has 4 nitrogen and oxygen atoms in total. The van der Waals surface area contributed by atoms with Gasteiger partial charge in [0, 0.05) is 17.9 Å². The van der Waals surface area contributed by atoms with Crippen LogP contribution in [0.25, 0.3) is 11.1 Å². The zero-order valence-electron chi connectivity index (χ0n) is 21.2. The average Bonchev–Trinajstić information content (AvgIpc) is 3.23. The molecule has 0 saturated heterocycles. The molecule has 0 atom stereocenters. The molecule has 1 amide bonds. The maximum atomic E-state index is 12.6. The Morgan fingerprint density at radius 2 is 1.47 bits per heavy atom. The number of nitrogens with one attached hydrogen (secondary N) is 1. The Labute approximate surface area is 209 Å². The number of hydrogen-bond acceptors (Lipinski definition) is 4. The summed E-state index contributed by atoms with van der Waals surface area (Å²) in [5.41, 5.74) is 5.29. The summed E-state index contributed by atoms with van der Waals surface area (Å²) in [6, 6.07) is 14.3. The van der Waals surface area contributed by atoms with Gasteiger partial charge >= 0.3 is 0 Å². The molecular weight excluding hydrogens is 440 g/mol. The predicted molar refractivity (Wildman–Crippen MR) is 145 cm³/mol. The van der Waals surface area contributed by atoms with Gasteiger partial charge in [-0.3, -0.25) is 4.79 Å². The number of rotatable bonds is 14. The molecule has 1 aromatic heterocycles. The van der Waals surface area contributed by atoms with Crippen LogP contribution < -0.4 is 5.32 Å². The quantitative estimate of drug-likeness (QED) is 0.185. The van der Waals surface area contributed by atoms with E-state index in [1.165, 1.54) is 43.2 Å². The molecule has 0 bridgehead atoms. The minimum absolute atomic E-state index is 0.145. The highest BCUT2D eigenvalue weighted by Crippen LogP contribution is 2.32. The third kappa shape index (κ3) is 7.90. The number of benzene rings is 2. The molecule has 0 spiro atoms. The number of hydrogen-bond donors (Lipinski definition) is 1. The Hall–Kier alpha value is -2.27. The van der Waals surface area contributed by atoms with Crippen LogP contribution in [-0.2, 0) is 4.79 Å². The molecule has 3 rings (SSSR count). The van der Waals surface area contributed by atoms with Crippen molar-refractivity contribution < 1.29 is 9.21 Å². The molecule has 1 N–H and O–H groups in total. The highest BCUT2D eigenvalue weighted by molar-refractivity contribution is 7.99. The molecule has 184 valence electrons. The number of anilines is 1. The summed E-state index contributed by atoms with van der Waals surface area (Å²) >= 11 is 1.70. The lowest BCUT2D eigenvalue weighted by Gasteiger charge is -2.20. The van der Waals surface area contributed by atoms with E-state index < -0.39 is 0 Å². The Balaban J connectivity index is 1.26. The van der Waals surface area contributed by atoms with Crippen LogP contribution in [0.3, 0.4) is 0 Å². The van der Waals surface area contributed by atoms with Crippen molar-refractivity contribution in [2.75, 3.05) is 11.1 Å². The minimum Gasteiger partial charge on any atom is -0.431 e. The van der Waals surface area contributed by atoms with Gasteiger partial charge in [0.15, 0.2) is 5.58 Å². The first-order valence-corrected chi connectivity index (χ1v) is 13.8. The first kappa shape index (κ1) is 26.3. The number of carbonyl (C=O) groups excluding carboxylic acids is 1. The van der Waals surface area contributed by atoms with Crippen molar-refractivity contribution in [1.82, 2.24) is 4.98 Å². The van der Waals surface area contributed by atoms with Crippen molar-refractivity contribution in [3.8, 4) is 0 Å². The first-order valence-electron chi connectivity index (χ1n) is 12.9. The summed E-state index contributed by atoms with van der Waals surface area (Å²) in [5.74, 6) is 1.97. The largest absolute Gasteiger partial charge is 0.431 e. The summed E-state index contributed by atoms with van der Waals surface area (Å²) in [5, 5.41) is 4.01. The van der Waals surface area contributed by atoms with Crippen LogP contribution in [0.4, 0.5) is 5.69 Å². The minimum atomic E-state index is 0.145. The fourth-order valence-corrected chi connectivity index (χ4v) is 5.08. The Kier molecular flexibility index (Phi) is 10.5. The number of amides is 1. The summed E-state index contributed by atoms with van der Waals surface area (Å²) in [6.45, 7) is 8.74. The lowest BCUT2D eigenvalue weighted by molar-refractivity contribution is -0.116. The third-order valence-electron chi connectivity index (χ3n) is 6.19. The lowest BCUT2D eigenvalue weighted by atomic mass is 9.92. The second-order valence-corrected chi connectivity index (χ2v) is 10.7. The SMILES string of the molecule is CC(C)c1cccc(C(C)C)c1NC(=O)CCCCCCCCCSc1nc2ccccc2o1.